The zero-order valence-electron chi connectivity index (χ0n) is 10.9. The molecular formula is C14H11Br2NO4. The highest BCUT2D eigenvalue weighted by atomic mass is 79.9. The van der Waals surface area contributed by atoms with E-state index in [0.717, 1.165) is 0 Å². The van der Waals surface area contributed by atoms with Gasteiger partial charge in [0, 0.05) is 17.7 Å². The fraction of sp³-hybridized carbons (Fsp3) is 0.143. The predicted molar refractivity (Wildman–Crippen MR) is 85.6 cm³/mol. The number of hydrogen-bond acceptors (Lipinski definition) is 4. The molecule has 2 rings (SSSR count). The van der Waals surface area contributed by atoms with Gasteiger partial charge in [-0.3, -0.25) is 10.1 Å². The molecule has 1 atom stereocenters. The van der Waals surface area contributed by atoms with Gasteiger partial charge in [-0.05, 0) is 44.8 Å². The van der Waals surface area contributed by atoms with Crippen molar-refractivity contribution in [2.75, 3.05) is 0 Å². The van der Waals surface area contributed by atoms with Gasteiger partial charge in [0.15, 0.2) is 5.75 Å². The molecule has 0 unspecified atom stereocenters. The molecule has 0 aliphatic rings. The van der Waals surface area contributed by atoms with E-state index >= 15 is 0 Å². The van der Waals surface area contributed by atoms with Crippen LogP contribution in [0.3, 0.4) is 0 Å². The van der Waals surface area contributed by atoms with Crippen molar-refractivity contribution < 1.29 is 14.8 Å². The van der Waals surface area contributed by atoms with Crippen LogP contribution in [0.15, 0.2) is 45.3 Å². The number of benzene rings is 2. The summed E-state index contributed by atoms with van der Waals surface area (Å²) in [6.45, 7) is 1.64. The van der Waals surface area contributed by atoms with Crippen LogP contribution < -0.4 is 4.74 Å². The van der Waals surface area contributed by atoms with Crippen molar-refractivity contribution in [1.82, 2.24) is 0 Å². The second-order valence-electron chi connectivity index (χ2n) is 4.31. The zero-order chi connectivity index (χ0) is 15.6. The lowest BCUT2D eigenvalue weighted by atomic mass is 10.1. The molecule has 0 aromatic heterocycles. The maximum absolute atomic E-state index is 10.8. The summed E-state index contributed by atoms with van der Waals surface area (Å²) in [6.07, 6.45) is -0.684. The van der Waals surface area contributed by atoms with Crippen molar-refractivity contribution in [2.24, 2.45) is 0 Å². The molecule has 0 aliphatic carbocycles. The van der Waals surface area contributed by atoms with Crippen LogP contribution in [0, 0.1) is 10.1 Å². The van der Waals surface area contributed by atoms with Gasteiger partial charge in [-0.15, -0.1) is 0 Å². The number of rotatable bonds is 4. The molecule has 0 heterocycles. The maximum atomic E-state index is 10.8. The standard InChI is InChI=1S/C14H11Br2NO4/c1-8(18)10-4-2-3-5-13(10)21-14-11(15)6-9(17(19)20)7-12(14)16/h2-8,18H,1H3/t8-/m1/s1. The van der Waals surface area contributed by atoms with Crippen LogP contribution in [0.5, 0.6) is 11.5 Å². The van der Waals surface area contributed by atoms with Crippen LogP contribution in [0.1, 0.15) is 18.6 Å². The first-order valence-electron chi connectivity index (χ1n) is 5.98. The van der Waals surface area contributed by atoms with Gasteiger partial charge < -0.3 is 9.84 Å². The van der Waals surface area contributed by atoms with E-state index in [1.54, 1.807) is 31.2 Å². The van der Waals surface area contributed by atoms with Crippen molar-refractivity contribution >= 4 is 37.5 Å². The average molecular weight is 417 g/mol. The monoisotopic (exact) mass is 415 g/mol. The molecule has 0 spiro atoms. The fourth-order valence-corrected chi connectivity index (χ4v) is 3.10. The van der Waals surface area contributed by atoms with E-state index < -0.39 is 11.0 Å². The molecule has 2 aromatic rings. The Morgan fingerprint density at radius 1 is 1.24 bits per heavy atom. The van der Waals surface area contributed by atoms with Crippen LogP contribution in [0.4, 0.5) is 5.69 Å². The van der Waals surface area contributed by atoms with E-state index in [1.807, 2.05) is 0 Å². The van der Waals surface area contributed by atoms with Crippen molar-refractivity contribution in [3.8, 4) is 11.5 Å². The molecule has 2 aromatic carbocycles. The van der Waals surface area contributed by atoms with Gasteiger partial charge in [-0.25, -0.2) is 0 Å². The Kier molecular flexibility index (Phi) is 4.97. The quantitative estimate of drug-likeness (QED) is 0.564. The highest BCUT2D eigenvalue weighted by molar-refractivity contribution is 9.11. The fourth-order valence-electron chi connectivity index (χ4n) is 1.78. The molecule has 5 nitrogen and oxygen atoms in total. The van der Waals surface area contributed by atoms with E-state index in [1.165, 1.54) is 12.1 Å². The SMILES string of the molecule is C[C@@H](O)c1ccccc1Oc1c(Br)cc([N+](=O)[O-])cc1Br. The molecule has 21 heavy (non-hydrogen) atoms. The van der Waals surface area contributed by atoms with Gasteiger partial charge >= 0.3 is 0 Å². The van der Waals surface area contributed by atoms with E-state index in [9.17, 15) is 15.2 Å². The minimum atomic E-state index is -0.684. The Morgan fingerprint density at radius 3 is 2.33 bits per heavy atom. The molecule has 110 valence electrons. The molecule has 0 amide bonds. The minimum absolute atomic E-state index is 0.0510. The molecule has 0 aliphatic heterocycles. The van der Waals surface area contributed by atoms with Gasteiger partial charge in [0.2, 0.25) is 0 Å². The minimum Gasteiger partial charge on any atom is -0.455 e. The molecular weight excluding hydrogens is 406 g/mol. The topological polar surface area (TPSA) is 72.6 Å². The number of aliphatic hydroxyl groups excluding tert-OH is 1. The number of hydrogen-bond donors (Lipinski definition) is 1. The van der Waals surface area contributed by atoms with Gasteiger partial charge in [0.25, 0.3) is 5.69 Å². The molecule has 0 saturated carbocycles. The van der Waals surface area contributed by atoms with Crippen LogP contribution in [0.2, 0.25) is 0 Å². The van der Waals surface area contributed by atoms with Crippen molar-refractivity contribution in [1.29, 1.82) is 0 Å². The van der Waals surface area contributed by atoms with Gasteiger partial charge in [-0.1, -0.05) is 18.2 Å². The Morgan fingerprint density at radius 2 is 1.81 bits per heavy atom. The van der Waals surface area contributed by atoms with Crippen LogP contribution in [0.25, 0.3) is 0 Å². The van der Waals surface area contributed by atoms with Crippen LogP contribution in [-0.2, 0) is 0 Å². The van der Waals surface area contributed by atoms with Crippen molar-refractivity contribution in [2.45, 2.75) is 13.0 Å². The lowest BCUT2D eigenvalue weighted by Gasteiger charge is -2.15. The number of halogens is 2. The zero-order valence-corrected chi connectivity index (χ0v) is 14.1. The lowest BCUT2D eigenvalue weighted by molar-refractivity contribution is -0.385. The van der Waals surface area contributed by atoms with Crippen LogP contribution >= 0.6 is 31.9 Å². The summed E-state index contributed by atoms with van der Waals surface area (Å²) in [4.78, 5) is 10.3. The molecule has 1 N–H and O–H groups in total. The van der Waals surface area contributed by atoms with Gasteiger partial charge in [0.05, 0.1) is 20.0 Å². The Labute approximate surface area is 138 Å². The molecule has 0 saturated heterocycles. The highest BCUT2D eigenvalue weighted by Crippen LogP contribution is 2.41. The third-order valence-electron chi connectivity index (χ3n) is 2.77. The number of non-ortho nitro benzene ring substituents is 1. The number of nitro benzene ring substituents is 1. The van der Waals surface area contributed by atoms with Gasteiger partial charge in [-0.2, -0.15) is 0 Å². The summed E-state index contributed by atoms with van der Waals surface area (Å²) in [5.74, 6) is 0.899. The molecule has 0 bridgehead atoms. The Bertz CT molecular complexity index is 665. The first-order chi connectivity index (χ1) is 9.90. The Balaban J connectivity index is 2.43. The summed E-state index contributed by atoms with van der Waals surface area (Å²) >= 11 is 6.53. The highest BCUT2D eigenvalue weighted by Gasteiger charge is 2.17. The summed E-state index contributed by atoms with van der Waals surface area (Å²) in [6, 6.07) is 9.80. The Hall–Kier alpha value is -1.44. The largest absolute Gasteiger partial charge is 0.455 e. The van der Waals surface area contributed by atoms with E-state index in [2.05, 4.69) is 31.9 Å². The predicted octanol–water partition coefficient (Wildman–Crippen LogP) is 4.97. The van der Waals surface area contributed by atoms with E-state index in [0.29, 0.717) is 26.0 Å². The summed E-state index contributed by atoms with van der Waals surface area (Å²) < 4.78 is 6.69. The third kappa shape index (κ3) is 3.61. The summed E-state index contributed by atoms with van der Waals surface area (Å²) in [5, 5.41) is 20.6. The number of para-hydroxylation sites is 1. The first kappa shape index (κ1) is 15.9. The van der Waals surface area contributed by atoms with Crippen molar-refractivity contribution in [3.63, 3.8) is 0 Å². The molecule has 7 heteroatoms. The number of nitrogens with zero attached hydrogens (tertiary/aromatic N) is 1. The van der Waals surface area contributed by atoms with E-state index in [4.69, 9.17) is 4.74 Å². The molecule has 0 fully saturated rings. The van der Waals surface area contributed by atoms with E-state index in [-0.39, 0.29) is 5.69 Å². The summed E-state index contributed by atoms with van der Waals surface area (Å²) in [5.41, 5.74) is 0.583. The maximum Gasteiger partial charge on any atom is 0.271 e. The second kappa shape index (κ2) is 6.55. The van der Waals surface area contributed by atoms with Crippen molar-refractivity contribution in [3.05, 3.63) is 61.0 Å². The smallest absolute Gasteiger partial charge is 0.271 e. The normalized spacial score (nSPS) is 12.0. The van der Waals surface area contributed by atoms with Crippen LogP contribution in [-0.4, -0.2) is 10.0 Å². The molecule has 0 radical (unpaired) electrons. The second-order valence-corrected chi connectivity index (χ2v) is 6.02. The number of nitro groups is 1. The van der Waals surface area contributed by atoms with Gasteiger partial charge in [0.1, 0.15) is 5.75 Å². The average Bonchev–Trinajstić information content (AvgIpc) is 2.42. The summed E-state index contributed by atoms with van der Waals surface area (Å²) in [7, 11) is 0. The number of ether oxygens (including phenoxy) is 1. The lowest BCUT2D eigenvalue weighted by Crippen LogP contribution is -1.97. The third-order valence-corrected chi connectivity index (χ3v) is 3.95. The number of aliphatic hydroxyl groups is 1. The first-order valence-corrected chi connectivity index (χ1v) is 7.57.